The molecule has 0 bridgehead atoms. The Kier molecular flexibility index (Phi) is 6.49. The maximum atomic E-state index is 11.7. The van der Waals surface area contributed by atoms with E-state index in [1.54, 1.807) is 0 Å². The van der Waals surface area contributed by atoms with Crippen LogP contribution in [0.15, 0.2) is 30.3 Å². The minimum absolute atomic E-state index is 0.132. The Morgan fingerprint density at radius 3 is 2.39 bits per heavy atom. The van der Waals surface area contributed by atoms with Crippen LogP contribution in [-0.4, -0.2) is 43.0 Å². The Hall–Kier alpha value is -1.81. The Labute approximate surface area is 170 Å². The molecule has 154 valence electrons. The SMILES string of the molecule is CCC(C(N)=O)N1CCN(c2ccccc2C2=CCC(C(C)(C)C)CC2)CC1. The van der Waals surface area contributed by atoms with Gasteiger partial charge >= 0.3 is 0 Å². The van der Waals surface area contributed by atoms with Gasteiger partial charge in [-0.05, 0) is 48.7 Å². The van der Waals surface area contributed by atoms with Gasteiger partial charge in [0.1, 0.15) is 0 Å². The van der Waals surface area contributed by atoms with Gasteiger partial charge in [0.15, 0.2) is 0 Å². The molecule has 0 saturated carbocycles. The number of hydrogen-bond acceptors (Lipinski definition) is 3. The zero-order valence-electron chi connectivity index (χ0n) is 18.1. The van der Waals surface area contributed by atoms with Crippen molar-refractivity contribution < 1.29 is 4.79 Å². The molecule has 3 rings (SSSR count). The molecule has 0 aromatic heterocycles. The topological polar surface area (TPSA) is 49.6 Å². The largest absolute Gasteiger partial charge is 0.368 e. The van der Waals surface area contributed by atoms with Crippen molar-refractivity contribution in [3.8, 4) is 0 Å². The molecule has 1 heterocycles. The fourth-order valence-corrected chi connectivity index (χ4v) is 4.80. The van der Waals surface area contributed by atoms with E-state index in [0.717, 1.165) is 38.5 Å². The molecule has 4 nitrogen and oxygen atoms in total. The van der Waals surface area contributed by atoms with Crippen LogP contribution in [0.5, 0.6) is 0 Å². The van der Waals surface area contributed by atoms with Crippen LogP contribution in [-0.2, 0) is 4.79 Å². The summed E-state index contributed by atoms with van der Waals surface area (Å²) in [6.07, 6.45) is 6.88. The number of rotatable bonds is 5. The number of anilines is 1. The molecule has 2 atom stereocenters. The normalized spacial score (nSPS) is 22.6. The average molecular weight is 384 g/mol. The summed E-state index contributed by atoms with van der Waals surface area (Å²) < 4.78 is 0. The third-order valence-electron chi connectivity index (χ3n) is 6.70. The molecule has 1 amide bonds. The first-order valence-corrected chi connectivity index (χ1v) is 10.9. The van der Waals surface area contributed by atoms with Crippen LogP contribution in [0.1, 0.15) is 58.9 Å². The van der Waals surface area contributed by atoms with Gasteiger partial charge in [0.25, 0.3) is 0 Å². The number of piperazine rings is 1. The fourth-order valence-electron chi connectivity index (χ4n) is 4.80. The number of hydrogen-bond donors (Lipinski definition) is 1. The lowest BCUT2D eigenvalue weighted by Gasteiger charge is -2.40. The van der Waals surface area contributed by atoms with E-state index in [9.17, 15) is 4.79 Å². The van der Waals surface area contributed by atoms with E-state index >= 15 is 0 Å². The van der Waals surface area contributed by atoms with E-state index in [-0.39, 0.29) is 11.9 Å². The van der Waals surface area contributed by atoms with Gasteiger partial charge in [0.05, 0.1) is 6.04 Å². The number of nitrogens with two attached hydrogens (primary N) is 1. The van der Waals surface area contributed by atoms with Crippen molar-refractivity contribution in [3.63, 3.8) is 0 Å². The Morgan fingerprint density at radius 1 is 1.18 bits per heavy atom. The van der Waals surface area contributed by atoms with Gasteiger partial charge in [0.2, 0.25) is 5.91 Å². The average Bonchev–Trinajstić information content (AvgIpc) is 2.68. The van der Waals surface area contributed by atoms with Gasteiger partial charge in [-0.3, -0.25) is 9.69 Å². The van der Waals surface area contributed by atoms with Crippen molar-refractivity contribution in [2.24, 2.45) is 17.1 Å². The Morgan fingerprint density at radius 2 is 1.86 bits per heavy atom. The van der Waals surface area contributed by atoms with Crippen molar-refractivity contribution >= 4 is 17.2 Å². The van der Waals surface area contributed by atoms with Gasteiger partial charge in [-0.15, -0.1) is 0 Å². The van der Waals surface area contributed by atoms with E-state index in [2.05, 4.69) is 60.9 Å². The van der Waals surface area contributed by atoms with Gasteiger partial charge in [-0.25, -0.2) is 0 Å². The van der Waals surface area contributed by atoms with Gasteiger partial charge in [0, 0.05) is 37.4 Å². The summed E-state index contributed by atoms with van der Waals surface area (Å²) in [5.41, 5.74) is 10.2. The van der Waals surface area contributed by atoms with Crippen molar-refractivity contribution in [3.05, 3.63) is 35.9 Å². The van der Waals surface area contributed by atoms with Gasteiger partial charge in [-0.2, -0.15) is 0 Å². The molecule has 0 spiro atoms. The third-order valence-corrected chi connectivity index (χ3v) is 6.70. The van der Waals surface area contributed by atoms with Crippen molar-refractivity contribution in [2.45, 2.75) is 59.4 Å². The van der Waals surface area contributed by atoms with E-state index in [0.29, 0.717) is 5.41 Å². The van der Waals surface area contributed by atoms with Crippen LogP contribution in [0, 0.1) is 11.3 Å². The molecular formula is C24H37N3O. The highest BCUT2D eigenvalue weighted by Gasteiger charge is 2.29. The molecule has 0 radical (unpaired) electrons. The summed E-state index contributed by atoms with van der Waals surface area (Å²) in [4.78, 5) is 16.4. The van der Waals surface area contributed by atoms with Crippen molar-refractivity contribution in [2.75, 3.05) is 31.1 Å². The van der Waals surface area contributed by atoms with E-state index in [1.807, 2.05) is 6.92 Å². The molecule has 2 aliphatic rings. The highest BCUT2D eigenvalue weighted by molar-refractivity contribution is 5.80. The standard InChI is InChI=1S/C24H37N3O/c1-5-21(23(25)28)26-14-16-27(17-15-26)22-9-7-6-8-20(22)18-10-12-19(13-11-18)24(2,3)4/h6-10,19,21H,5,11-17H2,1-4H3,(H2,25,28). The molecule has 1 fully saturated rings. The Bertz CT molecular complexity index is 711. The predicted molar refractivity (Wildman–Crippen MR) is 118 cm³/mol. The van der Waals surface area contributed by atoms with Crippen LogP contribution in [0.4, 0.5) is 5.69 Å². The summed E-state index contributed by atoms with van der Waals surface area (Å²) in [6, 6.07) is 8.71. The van der Waals surface area contributed by atoms with Crippen LogP contribution in [0.3, 0.4) is 0 Å². The van der Waals surface area contributed by atoms with Gasteiger partial charge in [-0.1, -0.05) is 52.0 Å². The molecular weight excluding hydrogens is 346 g/mol. The Balaban J connectivity index is 1.72. The lowest BCUT2D eigenvalue weighted by Crippen LogP contribution is -2.54. The van der Waals surface area contributed by atoms with E-state index in [4.69, 9.17) is 5.73 Å². The molecule has 1 saturated heterocycles. The summed E-state index contributed by atoms with van der Waals surface area (Å²) in [5, 5.41) is 0. The number of carbonyl (C=O) groups is 1. The summed E-state index contributed by atoms with van der Waals surface area (Å²) in [5.74, 6) is 0.573. The number of allylic oxidation sites excluding steroid dienone is 2. The molecule has 2 unspecified atom stereocenters. The second-order valence-electron chi connectivity index (χ2n) is 9.43. The third kappa shape index (κ3) is 4.60. The molecule has 1 aliphatic heterocycles. The van der Waals surface area contributed by atoms with E-state index in [1.165, 1.54) is 36.1 Å². The van der Waals surface area contributed by atoms with E-state index < -0.39 is 0 Å². The number of benzene rings is 1. The second kappa shape index (κ2) is 8.69. The highest BCUT2D eigenvalue weighted by Crippen LogP contribution is 2.41. The fraction of sp³-hybridized carbons (Fsp3) is 0.625. The van der Waals surface area contributed by atoms with Crippen molar-refractivity contribution in [1.82, 2.24) is 4.90 Å². The minimum Gasteiger partial charge on any atom is -0.368 e. The van der Waals surface area contributed by atoms with Crippen LogP contribution >= 0.6 is 0 Å². The molecule has 1 aliphatic carbocycles. The highest BCUT2D eigenvalue weighted by atomic mass is 16.1. The second-order valence-corrected chi connectivity index (χ2v) is 9.43. The first-order chi connectivity index (χ1) is 13.3. The minimum atomic E-state index is -0.197. The quantitative estimate of drug-likeness (QED) is 0.825. The summed E-state index contributed by atoms with van der Waals surface area (Å²) in [6.45, 7) is 12.8. The zero-order chi connectivity index (χ0) is 20.3. The molecule has 4 heteroatoms. The lowest BCUT2D eigenvalue weighted by atomic mass is 9.72. The number of primary amides is 1. The first-order valence-electron chi connectivity index (χ1n) is 10.9. The molecule has 1 aromatic rings. The zero-order valence-corrected chi connectivity index (χ0v) is 18.1. The monoisotopic (exact) mass is 383 g/mol. The number of amides is 1. The van der Waals surface area contributed by atoms with Gasteiger partial charge < -0.3 is 10.6 Å². The van der Waals surface area contributed by atoms with Crippen LogP contribution in [0.2, 0.25) is 0 Å². The summed E-state index contributed by atoms with van der Waals surface area (Å²) >= 11 is 0. The molecule has 28 heavy (non-hydrogen) atoms. The maximum Gasteiger partial charge on any atom is 0.234 e. The van der Waals surface area contributed by atoms with Crippen molar-refractivity contribution in [1.29, 1.82) is 0 Å². The number of para-hydroxylation sites is 1. The molecule has 1 aromatic carbocycles. The predicted octanol–water partition coefficient (Wildman–Crippen LogP) is 4.30. The smallest absolute Gasteiger partial charge is 0.234 e. The maximum absolute atomic E-state index is 11.7. The van der Waals surface area contributed by atoms with Crippen LogP contribution < -0.4 is 10.6 Å². The first kappa shape index (κ1) is 20.9. The molecule has 2 N–H and O–H groups in total. The lowest BCUT2D eigenvalue weighted by molar-refractivity contribution is -0.123. The summed E-state index contributed by atoms with van der Waals surface area (Å²) in [7, 11) is 0. The number of carbonyl (C=O) groups excluding carboxylic acids is 1. The van der Waals surface area contributed by atoms with Crippen LogP contribution in [0.25, 0.3) is 5.57 Å². The number of nitrogens with zero attached hydrogens (tertiary/aromatic N) is 2.